The van der Waals surface area contributed by atoms with Crippen molar-refractivity contribution >= 4 is 17.7 Å². The molecule has 3 aromatic rings. The molecule has 0 bridgehead atoms. The molecule has 0 saturated heterocycles. The molecule has 0 saturated carbocycles. The maximum atomic E-state index is 12.9. The van der Waals surface area contributed by atoms with Crippen molar-refractivity contribution in [3.05, 3.63) is 95.6 Å². The van der Waals surface area contributed by atoms with Gasteiger partial charge in [-0.15, -0.1) is 5.10 Å². The van der Waals surface area contributed by atoms with Gasteiger partial charge < -0.3 is 9.47 Å². The molecule has 0 spiro atoms. The first kappa shape index (κ1) is 19.0. The maximum Gasteiger partial charge on any atom is 0.213 e. The van der Waals surface area contributed by atoms with Crippen molar-refractivity contribution in [3.63, 3.8) is 0 Å². The fourth-order valence-corrected chi connectivity index (χ4v) is 2.61. The van der Waals surface area contributed by atoms with Crippen LogP contribution < -0.4 is 9.47 Å². The third-order valence-corrected chi connectivity index (χ3v) is 4.04. The van der Waals surface area contributed by atoms with Gasteiger partial charge in [-0.2, -0.15) is 5.10 Å². The van der Waals surface area contributed by atoms with Gasteiger partial charge in [0.05, 0.1) is 20.4 Å². The summed E-state index contributed by atoms with van der Waals surface area (Å²) in [6.45, 7) is 0. The zero-order chi connectivity index (χ0) is 19.8. The summed E-state index contributed by atoms with van der Waals surface area (Å²) in [5, 5.41) is 8.38. The second-order valence-electron chi connectivity index (χ2n) is 5.90. The van der Waals surface area contributed by atoms with E-state index in [-0.39, 0.29) is 11.5 Å². The van der Waals surface area contributed by atoms with E-state index in [1.807, 2.05) is 60.7 Å². The molecule has 0 aliphatic heterocycles. The van der Waals surface area contributed by atoms with Crippen LogP contribution in [-0.4, -0.2) is 31.9 Å². The summed E-state index contributed by atoms with van der Waals surface area (Å²) in [7, 11) is 3.17. The minimum absolute atomic E-state index is 0.188. The minimum atomic E-state index is -0.188. The Hall–Kier alpha value is -3.73. The Morgan fingerprint density at radius 2 is 1.32 bits per heavy atom. The molecule has 0 amide bonds. The summed E-state index contributed by atoms with van der Waals surface area (Å²) in [6, 6.07) is 23.7. The first-order chi connectivity index (χ1) is 13.7. The number of hydrogen-bond acceptors (Lipinski definition) is 5. The number of benzene rings is 3. The number of methoxy groups -OCH3 is 2. The summed E-state index contributed by atoms with van der Waals surface area (Å²) in [5.41, 5.74) is 2.29. The van der Waals surface area contributed by atoms with E-state index in [4.69, 9.17) is 9.47 Å². The number of Topliss-reactive ketones (excluding diaryl/α,β-unsaturated/α-hetero) is 1. The lowest BCUT2D eigenvalue weighted by Crippen LogP contribution is -2.15. The highest BCUT2D eigenvalue weighted by atomic mass is 16.5. The van der Waals surface area contributed by atoms with E-state index in [1.54, 1.807) is 38.6 Å². The van der Waals surface area contributed by atoms with E-state index in [9.17, 15) is 4.79 Å². The number of rotatable bonds is 7. The standard InChI is InChI=1S/C23H20N2O3/c1-27-20-13-17(14-21(15-20)28-2)16-24-25-22(18-9-5-3-6-10-18)23(26)19-11-7-4-8-12-19/h3-16H,1-2H3. The van der Waals surface area contributed by atoms with E-state index in [2.05, 4.69) is 10.2 Å². The minimum Gasteiger partial charge on any atom is -0.497 e. The monoisotopic (exact) mass is 372 g/mol. The summed E-state index contributed by atoms with van der Waals surface area (Å²) in [5.74, 6) is 1.11. The van der Waals surface area contributed by atoms with Gasteiger partial charge >= 0.3 is 0 Å². The average Bonchev–Trinajstić information content (AvgIpc) is 2.77. The van der Waals surface area contributed by atoms with Crippen molar-refractivity contribution in [2.75, 3.05) is 14.2 Å². The van der Waals surface area contributed by atoms with Gasteiger partial charge in [-0.3, -0.25) is 4.79 Å². The van der Waals surface area contributed by atoms with Gasteiger partial charge in [-0.25, -0.2) is 0 Å². The highest BCUT2D eigenvalue weighted by Gasteiger charge is 2.16. The van der Waals surface area contributed by atoms with Crippen LogP contribution in [-0.2, 0) is 0 Å². The second-order valence-corrected chi connectivity index (χ2v) is 5.90. The highest BCUT2D eigenvalue weighted by molar-refractivity contribution is 6.51. The van der Waals surface area contributed by atoms with Gasteiger partial charge in [0.1, 0.15) is 17.2 Å². The molecule has 0 fully saturated rings. The molecule has 0 aliphatic rings. The van der Waals surface area contributed by atoms with Crippen LogP contribution in [0.5, 0.6) is 11.5 Å². The third-order valence-electron chi connectivity index (χ3n) is 4.04. The first-order valence-corrected chi connectivity index (χ1v) is 8.70. The van der Waals surface area contributed by atoms with Gasteiger partial charge in [0.25, 0.3) is 0 Å². The quantitative estimate of drug-likeness (QED) is 0.351. The second kappa shape index (κ2) is 9.28. The number of ether oxygens (including phenoxy) is 2. The van der Waals surface area contributed by atoms with E-state index in [0.717, 1.165) is 5.56 Å². The summed E-state index contributed by atoms with van der Waals surface area (Å²) in [4.78, 5) is 12.9. The first-order valence-electron chi connectivity index (χ1n) is 8.70. The van der Waals surface area contributed by atoms with Crippen molar-refractivity contribution in [1.82, 2.24) is 0 Å². The molecule has 0 aromatic heterocycles. The van der Waals surface area contributed by atoms with Crippen LogP contribution in [0.1, 0.15) is 21.5 Å². The van der Waals surface area contributed by atoms with E-state index in [1.165, 1.54) is 0 Å². The Balaban J connectivity index is 1.96. The van der Waals surface area contributed by atoms with Gasteiger partial charge in [-0.05, 0) is 12.1 Å². The van der Waals surface area contributed by atoms with Crippen LogP contribution in [0.2, 0.25) is 0 Å². The smallest absolute Gasteiger partial charge is 0.213 e. The third kappa shape index (κ3) is 4.71. The number of carbonyl (C=O) groups is 1. The van der Waals surface area contributed by atoms with Crippen LogP contribution >= 0.6 is 0 Å². The Labute approximate surface area is 164 Å². The lowest BCUT2D eigenvalue weighted by atomic mass is 10.0. The molecule has 0 aliphatic carbocycles. The molecule has 5 nitrogen and oxygen atoms in total. The highest BCUT2D eigenvalue weighted by Crippen LogP contribution is 2.21. The predicted octanol–water partition coefficient (Wildman–Crippen LogP) is 4.41. The van der Waals surface area contributed by atoms with E-state index >= 15 is 0 Å². The van der Waals surface area contributed by atoms with Crippen LogP contribution in [0.15, 0.2) is 89.1 Å². The maximum absolute atomic E-state index is 12.9. The van der Waals surface area contributed by atoms with Gasteiger partial charge in [0.15, 0.2) is 0 Å². The van der Waals surface area contributed by atoms with Crippen LogP contribution in [0, 0.1) is 0 Å². The number of hydrogen-bond donors (Lipinski definition) is 0. The number of carbonyl (C=O) groups excluding carboxylic acids is 1. The SMILES string of the molecule is COc1cc(C=NN=C(C(=O)c2ccccc2)c2ccccc2)cc(OC)c1. The van der Waals surface area contributed by atoms with Crippen molar-refractivity contribution in [2.45, 2.75) is 0 Å². The zero-order valence-electron chi connectivity index (χ0n) is 15.7. The van der Waals surface area contributed by atoms with Crippen molar-refractivity contribution in [1.29, 1.82) is 0 Å². The van der Waals surface area contributed by atoms with Gasteiger partial charge in [-0.1, -0.05) is 60.7 Å². The van der Waals surface area contributed by atoms with Gasteiger partial charge in [0.2, 0.25) is 5.78 Å². The fourth-order valence-electron chi connectivity index (χ4n) is 2.61. The molecule has 28 heavy (non-hydrogen) atoms. The predicted molar refractivity (Wildman–Crippen MR) is 111 cm³/mol. The molecular formula is C23H20N2O3. The van der Waals surface area contributed by atoms with E-state index in [0.29, 0.717) is 22.6 Å². The molecule has 0 heterocycles. The van der Waals surface area contributed by atoms with Crippen LogP contribution in [0.25, 0.3) is 0 Å². The molecule has 0 N–H and O–H groups in total. The molecule has 0 atom stereocenters. The molecule has 0 radical (unpaired) electrons. The van der Waals surface area contributed by atoms with Crippen molar-refractivity contribution in [3.8, 4) is 11.5 Å². The van der Waals surface area contributed by atoms with Gasteiger partial charge in [0, 0.05) is 22.8 Å². The number of ketones is 1. The molecule has 0 unspecified atom stereocenters. The molecule has 3 rings (SSSR count). The summed E-state index contributed by atoms with van der Waals surface area (Å²) >= 11 is 0. The number of nitrogens with zero attached hydrogens (tertiary/aromatic N) is 2. The molecular weight excluding hydrogens is 352 g/mol. The van der Waals surface area contributed by atoms with Crippen LogP contribution in [0.3, 0.4) is 0 Å². The normalized spacial score (nSPS) is 11.4. The Bertz CT molecular complexity index is 975. The molecule has 140 valence electrons. The van der Waals surface area contributed by atoms with Crippen molar-refractivity contribution in [2.24, 2.45) is 10.2 Å². The van der Waals surface area contributed by atoms with Crippen LogP contribution in [0.4, 0.5) is 0 Å². The Morgan fingerprint density at radius 3 is 1.86 bits per heavy atom. The average molecular weight is 372 g/mol. The van der Waals surface area contributed by atoms with Crippen molar-refractivity contribution < 1.29 is 14.3 Å². The molecule has 5 heteroatoms. The summed E-state index contributed by atoms with van der Waals surface area (Å²) in [6.07, 6.45) is 1.56. The topological polar surface area (TPSA) is 60.2 Å². The molecule has 3 aromatic carbocycles. The Morgan fingerprint density at radius 1 is 0.786 bits per heavy atom. The summed E-state index contributed by atoms with van der Waals surface area (Å²) < 4.78 is 10.5. The largest absolute Gasteiger partial charge is 0.497 e. The zero-order valence-corrected chi connectivity index (χ0v) is 15.7. The lowest BCUT2D eigenvalue weighted by molar-refractivity contribution is 0.106. The Kier molecular flexibility index (Phi) is 6.31. The lowest BCUT2D eigenvalue weighted by Gasteiger charge is -2.06. The van der Waals surface area contributed by atoms with E-state index < -0.39 is 0 Å². The fraction of sp³-hybridized carbons (Fsp3) is 0.0870.